The number of cyclic esters (lactones) is 1. The molecule has 190 valence electrons. The molecule has 2 aromatic rings. The molecule has 2 aliphatic heterocycles. The Labute approximate surface area is 209 Å². The van der Waals surface area contributed by atoms with Gasteiger partial charge in [-0.25, -0.2) is 17.5 Å². The van der Waals surface area contributed by atoms with Gasteiger partial charge in [-0.05, 0) is 56.2 Å². The number of amides is 1. The SMILES string of the molecule is C[C@@H](c1ccc(C2CCN([SH](=O)=O)CC2)cc1)N1CCC(CC(C)(C)O)(c2ccccc2)OC1=O. The zero-order valence-corrected chi connectivity index (χ0v) is 21.6. The first-order valence-corrected chi connectivity index (χ1v) is 13.5. The lowest BCUT2D eigenvalue weighted by Crippen LogP contribution is -2.51. The molecule has 2 aromatic carbocycles. The second kappa shape index (κ2) is 10.3. The van der Waals surface area contributed by atoms with E-state index in [4.69, 9.17) is 4.74 Å². The van der Waals surface area contributed by atoms with Crippen molar-refractivity contribution in [2.24, 2.45) is 0 Å². The Bertz CT molecular complexity index is 1080. The van der Waals surface area contributed by atoms with Gasteiger partial charge in [0.2, 0.25) is 10.9 Å². The fourth-order valence-corrected chi connectivity index (χ4v) is 6.04. The van der Waals surface area contributed by atoms with Gasteiger partial charge in [-0.1, -0.05) is 54.6 Å². The van der Waals surface area contributed by atoms with Crippen molar-refractivity contribution in [2.75, 3.05) is 19.6 Å². The third-order valence-electron chi connectivity index (χ3n) is 7.35. The summed E-state index contributed by atoms with van der Waals surface area (Å²) in [7, 11) is -2.49. The Kier molecular flexibility index (Phi) is 7.54. The van der Waals surface area contributed by atoms with Crippen LogP contribution >= 0.6 is 0 Å². The van der Waals surface area contributed by atoms with Crippen LogP contribution in [0.3, 0.4) is 0 Å². The first kappa shape index (κ1) is 25.7. The molecule has 0 spiro atoms. The second-order valence-corrected chi connectivity index (χ2v) is 11.5. The van der Waals surface area contributed by atoms with Gasteiger partial charge in [-0.15, -0.1) is 0 Å². The minimum absolute atomic E-state index is 0.154. The summed E-state index contributed by atoms with van der Waals surface area (Å²) in [5.74, 6) is 0.346. The van der Waals surface area contributed by atoms with Crippen molar-refractivity contribution < 1.29 is 23.1 Å². The van der Waals surface area contributed by atoms with Crippen molar-refractivity contribution in [2.45, 2.75) is 69.6 Å². The summed E-state index contributed by atoms with van der Waals surface area (Å²) in [5.41, 5.74) is 1.29. The molecule has 1 unspecified atom stereocenters. The zero-order chi connectivity index (χ0) is 25.2. The van der Waals surface area contributed by atoms with Gasteiger partial charge in [0.15, 0.2) is 0 Å². The van der Waals surface area contributed by atoms with Gasteiger partial charge in [-0.3, -0.25) is 0 Å². The first-order chi connectivity index (χ1) is 16.6. The minimum atomic E-state index is -2.49. The van der Waals surface area contributed by atoms with Crippen molar-refractivity contribution in [1.82, 2.24) is 9.21 Å². The van der Waals surface area contributed by atoms with E-state index in [9.17, 15) is 18.3 Å². The number of carbonyl (C=O) groups is 1. The topological polar surface area (TPSA) is 87.2 Å². The summed E-state index contributed by atoms with van der Waals surface area (Å²) in [4.78, 5) is 15.0. The van der Waals surface area contributed by atoms with Gasteiger partial charge in [0.25, 0.3) is 0 Å². The average Bonchev–Trinajstić information content (AvgIpc) is 2.83. The van der Waals surface area contributed by atoms with Gasteiger partial charge in [-0.2, -0.15) is 0 Å². The number of thiol groups is 1. The largest absolute Gasteiger partial charge is 0.438 e. The molecule has 8 heteroatoms. The van der Waals surface area contributed by atoms with E-state index in [0.717, 1.165) is 24.0 Å². The Morgan fingerprint density at radius 2 is 1.69 bits per heavy atom. The van der Waals surface area contributed by atoms with Crippen molar-refractivity contribution in [1.29, 1.82) is 0 Å². The molecule has 0 saturated carbocycles. The molecule has 2 heterocycles. The highest BCUT2D eigenvalue weighted by Gasteiger charge is 2.46. The number of aliphatic hydroxyl groups is 1. The number of ether oxygens (including phenoxy) is 1. The third kappa shape index (κ3) is 5.88. The minimum Gasteiger partial charge on any atom is -0.438 e. The van der Waals surface area contributed by atoms with Crippen molar-refractivity contribution in [3.63, 3.8) is 0 Å². The summed E-state index contributed by atoms with van der Waals surface area (Å²) in [6, 6.07) is 17.9. The lowest BCUT2D eigenvalue weighted by molar-refractivity contribution is -0.101. The fourth-order valence-electron chi connectivity index (χ4n) is 5.48. The monoisotopic (exact) mass is 500 g/mol. The molecule has 2 fully saturated rings. The smallest absolute Gasteiger partial charge is 0.411 e. The van der Waals surface area contributed by atoms with E-state index in [1.54, 1.807) is 18.7 Å². The van der Waals surface area contributed by atoms with Gasteiger partial charge >= 0.3 is 6.09 Å². The summed E-state index contributed by atoms with van der Waals surface area (Å²) >= 11 is 0. The van der Waals surface area contributed by atoms with Crippen LogP contribution in [0.1, 0.15) is 75.1 Å². The Morgan fingerprint density at radius 1 is 1.06 bits per heavy atom. The zero-order valence-electron chi connectivity index (χ0n) is 20.7. The van der Waals surface area contributed by atoms with Crippen molar-refractivity contribution in [3.8, 4) is 0 Å². The van der Waals surface area contributed by atoms with Crippen LogP contribution in [-0.4, -0.2) is 54.1 Å². The average molecular weight is 501 g/mol. The molecular weight excluding hydrogens is 464 g/mol. The fraction of sp³-hybridized carbons (Fsp3) is 0.519. The molecule has 7 nitrogen and oxygen atoms in total. The molecule has 4 rings (SSSR count). The molecule has 1 N–H and O–H groups in total. The van der Waals surface area contributed by atoms with Gasteiger partial charge in [0.05, 0.1) is 11.6 Å². The Balaban J connectivity index is 1.45. The second-order valence-electron chi connectivity index (χ2n) is 10.5. The van der Waals surface area contributed by atoms with Crippen LogP contribution in [0, 0.1) is 0 Å². The van der Waals surface area contributed by atoms with Crippen LogP contribution in [0.2, 0.25) is 0 Å². The van der Waals surface area contributed by atoms with Gasteiger partial charge < -0.3 is 14.7 Å². The highest BCUT2D eigenvalue weighted by molar-refractivity contribution is 7.69. The molecule has 0 bridgehead atoms. The molecule has 0 radical (unpaired) electrons. The van der Waals surface area contributed by atoms with Crippen LogP contribution in [0.15, 0.2) is 54.6 Å². The van der Waals surface area contributed by atoms with E-state index in [1.807, 2.05) is 37.3 Å². The number of hydrogen-bond donors (Lipinski definition) is 2. The van der Waals surface area contributed by atoms with E-state index < -0.39 is 22.1 Å². The maximum atomic E-state index is 13.3. The summed E-state index contributed by atoms with van der Waals surface area (Å²) in [6.07, 6.45) is 2.18. The van der Waals surface area contributed by atoms with E-state index in [-0.39, 0.29) is 12.1 Å². The maximum absolute atomic E-state index is 13.3. The van der Waals surface area contributed by atoms with Gasteiger partial charge in [0.1, 0.15) is 5.60 Å². The van der Waals surface area contributed by atoms with Crippen molar-refractivity contribution in [3.05, 3.63) is 71.3 Å². The number of nitrogens with zero attached hydrogens (tertiary/aromatic N) is 2. The molecule has 0 aromatic heterocycles. The number of rotatable bonds is 7. The standard InChI is InChI=1S/C27H36N2O5S/c1-20(21-9-11-22(12-10-21)23-13-16-28(17-14-23)35(32)33)29-18-15-27(34-25(29)30,19-26(2,3)31)24-7-5-4-6-8-24/h4-12,20,23,31,35H,13-19H2,1-3H3/t20-,27?/m0/s1. The lowest BCUT2D eigenvalue weighted by atomic mass is 9.80. The van der Waals surface area contributed by atoms with Crippen LogP contribution in [0.5, 0.6) is 0 Å². The van der Waals surface area contributed by atoms with Crippen LogP contribution < -0.4 is 0 Å². The molecule has 0 aliphatic carbocycles. The van der Waals surface area contributed by atoms with E-state index in [2.05, 4.69) is 24.3 Å². The predicted molar refractivity (Wildman–Crippen MR) is 136 cm³/mol. The highest BCUT2D eigenvalue weighted by atomic mass is 32.2. The Hall–Kier alpha value is -2.42. The predicted octanol–water partition coefficient (Wildman–Crippen LogP) is 4.35. The number of carbonyl (C=O) groups excluding carboxylic acids is 1. The first-order valence-electron chi connectivity index (χ1n) is 12.3. The normalized spacial score (nSPS) is 23.3. The molecule has 2 atom stereocenters. The number of benzene rings is 2. The highest BCUT2D eigenvalue weighted by Crippen LogP contribution is 2.42. The third-order valence-corrected chi connectivity index (χ3v) is 8.21. The number of piperidine rings is 1. The molecule has 2 saturated heterocycles. The van der Waals surface area contributed by atoms with Crippen molar-refractivity contribution >= 4 is 17.0 Å². The Morgan fingerprint density at radius 3 is 2.23 bits per heavy atom. The van der Waals surface area contributed by atoms with E-state index >= 15 is 0 Å². The van der Waals surface area contributed by atoms with Crippen LogP contribution in [0.25, 0.3) is 0 Å². The quantitative estimate of drug-likeness (QED) is 0.552. The lowest BCUT2D eigenvalue weighted by Gasteiger charge is -2.45. The summed E-state index contributed by atoms with van der Waals surface area (Å²) < 4.78 is 30.0. The van der Waals surface area contributed by atoms with E-state index in [0.29, 0.717) is 38.4 Å². The molecular formula is C27H36N2O5S. The molecule has 35 heavy (non-hydrogen) atoms. The van der Waals surface area contributed by atoms with Gasteiger partial charge in [0, 0.05) is 32.5 Å². The maximum Gasteiger partial charge on any atom is 0.411 e. The summed E-state index contributed by atoms with van der Waals surface area (Å²) in [5, 5.41) is 10.6. The number of hydrogen-bond acceptors (Lipinski definition) is 5. The molecule has 1 amide bonds. The molecule has 2 aliphatic rings. The van der Waals surface area contributed by atoms with Crippen LogP contribution in [0.4, 0.5) is 4.79 Å². The van der Waals surface area contributed by atoms with E-state index in [1.165, 1.54) is 9.87 Å². The van der Waals surface area contributed by atoms with Crippen LogP contribution in [-0.2, 0) is 21.2 Å². The summed E-state index contributed by atoms with van der Waals surface area (Å²) in [6.45, 7) is 7.15.